The summed E-state index contributed by atoms with van der Waals surface area (Å²) in [7, 11) is 1.54. The van der Waals surface area contributed by atoms with Crippen molar-refractivity contribution in [3.8, 4) is 16.8 Å². The minimum atomic E-state index is -1.46. The molecule has 0 fully saturated rings. The number of nitrogens with one attached hydrogen (secondary N) is 1. The Morgan fingerprint density at radius 3 is 2.56 bits per heavy atom. The van der Waals surface area contributed by atoms with Gasteiger partial charge >= 0.3 is 5.69 Å². The minimum Gasteiger partial charge on any atom is -0.496 e. The van der Waals surface area contributed by atoms with E-state index in [1.165, 1.54) is 33.1 Å². The molecule has 0 aliphatic heterocycles. The van der Waals surface area contributed by atoms with Crippen LogP contribution in [0.15, 0.2) is 46.2 Å². The Balaban J connectivity index is 2.04. The van der Waals surface area contributed by atoms with Crippen molar-refractivity contribution in [3.05, 3.63) is 68.6 Å². The molecule has 1 N–H and O–H groups in total. The van der Waals surface area contributed by atoms with Gasteiger partial charge in [0, 0.05) is 17.7 Å². The largest absolute Gasteiger partial charge is 0.496 e. The summed E-state index contributed by atoms with van der Waals surface area (Å²) in [6.45, 7) is 7.36. The summed E-state index contributed by atoms with van der Waals surface area (Å²) in [5, 5.41) is 21.2. The number of methoxy groups -OCH3 is 1. The van der Waals surface area contributed by atoms with Crippen LogP contribution < -0.4 is 21.3 Å². The Morgan fingerprint density at radius 2 is 1.93 bits per heavy atom. The number of nitriles is 1. The molecule has 1 aromatic carbocycles. The van der Waals surface area contributed by atoms with Gasteiger partial charge < -0.3 is 14.8 Å². The molecule has 4 rings (SSSR count). The van der Waals surface area contributed by atoms with Gasteiger partial charge in [0.1, 0.15) is 27.2 Å². The number of amides is 1. The standard InChI is InChI=1S/C28H33N7O5S/c1-6-28(4,26(37)30-7-2)34-23(36)22-18(3)24(35-31-14-15-32-35)41-25(22)33(27(34)38)17-21(40-16-10-13-29)19-11-8-9-12-20(19)39-5/h8-9,11-12,14-15,21H,6-7,10,16-17H2,1-5H3,(H,30,37)/t21-,28?/m0/s1. The van der Waals surface area contributed by atoms with Crippen LogP contribution >= 0.6 is 11.3 Å². The zero-order valence-corrected chi connectivity index (χ0v) is 24.5. The summed E-state index contributed by atoms with van der Waals surface area (Å²) in [5.74, 6) is 0.123. The number of carbonyl (C=O) groups is 1. The number of aromatic nitrogens is 5. The van der Waals surface area contributed by atoms with Crippen molar-refractivity contribution in [2.24, 2.45) is 0 Å². The number of fused-ring (bicyclic) bond motifs is 1. The summed E-state index contributed by atoms with van der Waals surface area (Å²) in [4.78, 5) is 43.6. The number of likely N-dealkylation sites (N-methyl/N-ethyl adjacent to an activating group) is 1. The molecule has 3 heterocycles. The van der Waals surface area contributed by atoms with E-state index >= 15 is 0 Å². The first-order valence-electron chi connectivity index (χ1n) is 13.3. The first-order valence-corrected chi connectivity index (χ1v) is 14.1. The van der Waals surface area contributed by atoms with Crippen LogP contribution in [0.4, 0.5) is 0 Å². The second kappa shape index (κ2) is 12.5. The van der Waals surface area contributed by atoms with Gasteiger partial charge in [0.25, 0.3) is 5.56 Å². The number of hydrogen-bond acceptors (Lipinski definition) is 9. The SMILES string of the molecule is CCNC(=O)C(C)(CC)n1c(=O)c2c(C)c(-n3nccn3)sc2n(C[C@H](OCCC#N)c2ccccc2OC)c1=O. The van der Waals surface area contributed by atoms with E-state index in [1.54, 1.807) is 40.9 Å². The number of carbonyl (C=O) groups excluding carboxylic acids is 1. The van der Waals surface area contributed by atoms with Crippen LogP contribution in [0.25, 0.3) is 15.2 Å². The molecule has 41 heavy (non-hydrogen) atoms. The van der Waals surface area contributed by atoms with Crippen LogP contribution in [0.5, 0.6) is 5.75 Å². The van der Waals surface area contributed by atoms with Gasteiger partial charge in [-0.3, -0.25) is 14.2 Å². The molecule has 0 aliphatic carbocycles. The quantitative estimate of drug-likeness (QED) is 0.252. The number of rotatable bonds is 12. The maximum atomic E-state index is 14.4. The van der Waals surface area contributed by atoms with Crippen molar-refractivity contribution < 1.29 is 14.3 Å². The molecule has 13 heteroatoms. The predicted molar refractivity (Wildman–Crippen MR) is 155 cm³/mol. The second-order valence-electron chi connectivity index (χ2n) is 9.56. The average Bonchev–Trinajstić information content (AvgIpc) is 3.62. The van der Waals surface area contributed by atoms with Crippen LogP contribution in [0.2, 0.25) is 0 Å². The molecule has 0 saturated carbocycles. The normalized spacial score (nSPS) is 13.5. The van der Waals surface area contributed by atoms with Crippen molar-refractivity contribution >= 4 is 27.5 Å². The Bertz CT molecular complexity index is 1700. The molecule has 4 aromatic rings. The third kappa shape index (κ3) is 5.40. The van der Waals surface area contributed by atoms with Gasteiger partial charge in [-0.2, -0.15) is 15.5 Å². The van der Waals surface area contributed by atoms with E-state index in [9.17, 15) is 14.4 Å². The fourth-order valence-corrected chi connectivity index (χ4v) is 6.02. The molecule has 1 amide bonds. The molecule has 0 saturated heterocycles. The van der Waals surface area contributed by atoms with E-state index in [0.717, 1.165) is 4.57 Å². The van der Waals surface area contributed by atoms with E-state index in [0.29, 0.717) is 38.6 Å². The van der Waals surface area contributed by atoms with E-state index in [-0.39, 0.29) is 26.0 Å². The number of hydrogen-bond donors (Lipinski definition) is 1. The molecule has 0 bridgehead atoms. The van der Waals surface area contributed by atoms with E-state index < -0.39 is 28.8 Å². The van der Waals surface area contributed by atoms with Crippen LogP contribution in [0, 0.1) is 18.3 Å². The molecular weight excluding hydrogens is 546 g/mol. The van der Waals surface area contributed by atoms with Gasteiger partial charge in [0.15, 0.2) is 0 Å². The molecular formula is C28H33N7O5S. The number of aryl methyl sites for hydroxylation is 1. The third-order valence-corrected chi connectivity index (χ3v) is 8.44. The first-order chi connectivity index (χ1) is 19.7. The highest BCUT2D eigenvalue weighted by Crippen LogP contribution is 2.34. The molecule has 216 valence electrons. The highest BCUT2D eigenvalue weighted by molar-refractivity contribution is 7.21. The monoisotopic (exact) mass is 579 g/mol. The van der Waals surface area contributed by atoms with Gasteiger partial charge in [0.2, 0.25) is 5.91 Å². The zero-order valence-electron chi connectivity index (χ0n) is 23.7. The average molecular weight is 580 g/mol. The summed E-state index contributed by atoms with van der Waals surface area (Å²) in [5.41, 5.74) is -1.41. The summed E-state index contributed by atoms with van der Waals surface area (Å²) in [6, 6.07) is 9.35. The van der Waals surface area contributed by atoms with Crippen LogP contribution in [-0.2, 0) is 21.6 Å². The fourth-order valence-electron chi connectivity index (χ4n) is 4.80. The highest BCUT2D eigenvalue weighted by Gasteiger charge is 2.38. The number of para-hydroxylation sites is 1. The van der Waals surface area contributed by atoms with E-state index in [2.05, 4.69) is 21.6 Å². The molecule has 3 aromatic heterocycles. The van der Waals surface area contributed by atoms with Crippen LogP contribution in [0.1, 0.15) is 50.8 Å². The zero-order chi connectivity index (χ0) is 29.7. The number of ether oxygens (including phenoxy) is 2. The van der Waals surface area contributed by atoms with Gasteiger partial charge in [0.05, 0.1) is 50.5 Å². The molecule has 0 spiro atoms. The highest BCUT2D eigenvalue weighted by atomic mass is 32.1. The van der Waals surface area contributed by atoms with Gasteiger partial charge in [-0.05, 0) is 33.3 Å². The predicted octanol–water partition coefficient (Wildman–Crippen LogP) is 3.06. The first kappa shape index (κ1) is 29.7. The lowest BCUT2D eigenvalue weighted by Crippen LogP contribution is -2.57. The summed E-state index contributed by atoms with van der Waals surface area (Å²) in [6.07, 6.45) is 2.69. The van der Waals surface area contributed by atoms with E-state index in [4.69, 9.17) is 14.7 Å². The molecule has 2 atom stereocenters. The van der Waals surface area contributed by atoms with Crippen molar-refractivity contribution in [2.45, 2.75) is 58.7 Å². The van der Waals surface area contributed by atoms with Crippen molar-refractivity contribution in [2.75, 3.05) is 20.3 Å². The molecule has 0 radical (unpaired) electrons. The maximum Gasteiger partial charge on any atom is 0.333 e. The number of benzene rings is 1. The van der Waals surface area contributed by atoms with Gasteiger partial charge in [-0.15, -0.1) is 4.80 Å². The fraction of sp³-hybridized carbons (Fsp3) is 0.429. The Kier molecular flexibility index (Phi) is 9.05. The summed E-state index contributed by atoms with van der Waals surface area (Å²) < 4.78 is 14.2. The van der Waals surface area contributed by atoms with Crippen molar-refractivity contribution in [1.29, 1.82) is 5.26 Å². The lowest BCUT2D eigenvalue weighted by Gasteiger charge is -2.30. The molecule has 12 nitrogen and oxygen atoms in total. The van der Waals surface area contributed by atoms with Crippen molar-refractivity contribution in [1.82, 2.24) is 29.4 Å². The number of nitrogens with zero attached hydrogens (tertiary/aromatic N) is 6. The Hall–Kier alpha value is -4.28. The molecule has 0 aliphatic rings. The van der Waals surface area contributed by atoms with Crippen LogP contribution in [0.3, 0.4) is 0 Å². The topological polar surface area (TPSA) is 146 Å². The Morgan fingerprint density at radius 1 is 1.22 bits per heavy atom. The molecule has 1 unspecified atom stereocenters. The lowest BCUT2D eigenvalue weighted by molar-refractivity contribution is -0.129. The van der Waals surface area contributed by atoms with Gasteiger partial charge in [-0.1, -0.05) is 36.5 Å². The van der Waals surface area contributed by atoms with Crippen LogP contribution in [-0.4, -0.2) is 50.3 Å². The van der Waals surface area contributed by atoms with Crippen molar-refractivity contribution in [3.63, 3.8) is 0 Å². The second-order valence-corrected chi connectivity index (χ2v) is 10.5. The minimum absolute atomic E-state index is 0.0114. The maximum absolute atomic E-state index is 14.4. The smallest absolute Gasteiger partial charge is 0.333 e. The Labute approximate surface area is 240 Å². The summed E-state index contributed by atoms with van der Waals surface area (Å²) >= 11 is 1.21. The lowest BCUT2D eigenvalue weighted by atomic mass is 9.96. The van der Waals surface area contributed by atoms with Gasteiger partial charge in [-0.25, -0.2) is 9.36 Å². The number of thiophene rings is 1. The van der Waals surface area contributed by atoms with E-state index in [1.807, 2.05) is 18.2 Å². The third-order valence-electron chi connectivity index (χ3n) is 7.16.